The van der Waals surface area contributed by atoms with E-state index in [1.165, 1.54) is 57.4 Å². The summed E-state index contributed by atoms with van der Waals surface area (Å²) in [6, 6.07) is 10.3. The van der Waals surface area contributed by atoms with Crippen molar-refractivity contribution in [3.05, 3.63) is 42.7 Å². The van der Waals surface area contributed by atoms with Crippen molar-refractivity contribution in [1.29, 1.82) is 0 Å². The minimum absolute atomic E-state index is 0.292. The van der Waals surface area contributed by atoms with E-state index in [2.05, 4.69) is 60.8 Å². The largest absolute Gasteiger partial charge is 0.368 e. The SMILES string of the molecule is CC1(CN2CCCCCC2)CCN(CC(=O)N2CCN(c3ccc(-c4ncccn4)cc3)CC2)C1. The van der Waals surface area contributed by atoms with E-state index in [-0.39, 0.29) is 0 Å². The lowest BCUT2D eigenvalue weighted by molar-refractivity contribution is -0.132. The van der Waals surface area contributed by atoms with Gasteiger partial charge in [-0.05, 0) is 74.6 Å². The lowest BCUT2D eigenvalue weighted by atomic mass is 9.89. The van der Waals surface area contributed by atoms with Crippen LogP contribution >= 0.6 is 0 Å². The number of hydrogen-bond donors (Lipinski definition) is 0. The fourth-order valence-corrected chi connectivity index (χ4v) is 6.00. The van der Waals surface area contributed by atoms with Crippen molar-refractivity contribution in [2.45, 2.75) is 39.0 Å². The minimum Gasteiger partial charge on any atom is -0.368 e. The van der Waals surface area contributed by atoms with Crippen LogP contribution in [0.2, 0.25) is 0 Å². The number of benzene rings is 1. The molecule has 3 saturated heterocycles. The summed E-state index contributed by atoms with van der Waals surface area (Å²) < 4.78 is 0. The number of nitrogens with zero attached hydrogens (tertiary/aromatic N) is 6. The number of carbonyl (C=O) groups excluding carboxylic acids is 1. The normalized spacial score (nSPS) is 24.5. The first-order valence-electron chi connectivity index (χ1n) is 13.4. The quantitative estimate of drug-likeness (QED) is 0.637. The van der Waals surface area contributed by atoms with Crippen LogP contribution in [0, 0.1) is 5.41 Å². The summed E-state index contributed by atoms with van der Waals surface area (Å²) in [4.78, 5) is 31.3. The summed E-state index contributed by atoms with van der Waals surface area (Å²) in [5.74, 6) is 1.04. The number of piperazine rings is 1. The fraction of sp³-hybridized carbons (Fsp3) is 0.607. The molecule has 35 heavy (non-hydrogen) atoms. The van der Waals surface area contributed by atoms with Gasteiger partial charge in [-0.1, -0.05) is 19.8 Å². The van der Waals surface area contributed by atoms with Crippen LogP contribution in [0.5, 0.6) is 0 Å². The summed E-state index contributed by atoms with van der Waals surface area (Å²) in [7, 11) is 0. The number of rotatable bonds is 6. The van der Waals surface area contributed by atoms with Crippen LogP contribution in [-0.4, -0.2) is 96.0 Å². The fourth-order valence-electron chi connectivity index (χ4n) is 6.00. The molecule has 188 valence electrons. The van der Waals surface area contributed by atoms with Gasteiger partial charge in [-0.15, -0.1) is 0 Å². The highest BCUT2D eigenvalue weighted by Crippen LogP contribution is 2.31. The molecule has 0 spiro atoms. The summed E-state index contributed by atoms with van der Waals surface area (Å²) in [5.41, 5.74) is 2.54. The third kappa shape index (κ3) is 6.19. The van der Waals surface area contributed by atoms with Gasteiger partial charge in [0.25, 0.3) is 0 Å². The Morgan fingerprint density at radius 2 is 1.54 bits per heavy atom. The van der Waals surface area contributed by atoms with E-state index < -0.39 is 0 Å². The molecular weight excluding hydrogens is 436 g/mol. The number of carbonyl (C=O) groups is 1. The Morgan fingerprint density at radius 1 is 0.857 bits per heavy atom. The van der Waals surface area contributed by atoms with Gasteiger partial charge in [0.15, 0.2) is 5.82 Å². The average Bonchev–Trinajstić information content (AvgIpc) is 3.07. The molecule has 5 rings (SSSR count). The summed E-state index contributed by atoms with van der Waals surface area (Å²) >= 11 is 0. The van der Waals surface area contributed by atoms with Crippen LogP contribution < -0.4 is 4.90 Å². The summed E-state index contributed by atoms with van der Waals surface area (Å²) in [6.07, 6.45) is 10.2. The summed E-state index contributed by atoms with van der Waals surface area (Å²) in [6.45, 7) is 12.1. The number of amides is 1. The van der Waals surface area contributed by atoms with Gasteiger partial charge >= 0.3 is 0 Å². The predicted octanol–water partition coefficient (Wildman–Crippen LogP) is 3.38. The van der Waals surface area contributed by atoms with Crippen LogP contribution in [0.3, 0.4) is 0 Å². The van der Waals surface area contributed by atoms with Crippen molar-refractivity contribution < 1.29 is 4.79 Å². The molecule has 0 radical (unpaired) electrons. The van der Waals surface area contributed by atoms with Gasteiger partial charge in [-0.3, -0.25) is 9.69 Å². The summed E-state index contributed by atoms with van der Waals surface area (Å²) in [5, 5.41) is 0. The molecule has 0 saturated carbocycles. The number of aromatic nitrogens is 2. The lowest BCUT2D eigenvalue weighted by Crippen LogP contribution is -2.51. The van der Waals surface area contributed by atoms with Crippen LogP contribution in [-0.2, 0) is 4.79 Å². The second kappa shape index (κ2) is 11.0. The highest BCUT2D eigenvalue weighted by atomic mass is 16.2. The van der Waals surface area contributed by atoms with Gasteiger partial charge in [-0.25, -0.2) is 9.97 Å². The predicted molar refractivity (Wildman–Crippen MR) is 140 cm³/mol. The van der Waals surface area contributed by atoms with Crippen LogP contribution in [0.25, 0.3) is 11.4 Å². The van der Waals surface area contributed by atoms with Gasteiger partial charge in [0.2, 0.25) is 5.91 Å². The first-order chi connectivity index (χ1) is 17.1. The lowest BCUT2D eigenvalue weighted by Gasteiger charge is -2.37. The van der Waals surface area contributed by atoms with Crippen molar-refractivity contribution in [1.82, 2.24) is 24.7 Å². The number of hydrogen-bond acceptors (Lipinski definition) is 6. The van der Waals surface area contributed by atoms with E-state index in [1.807, 2.05) is 6.07 Å². The molecule has 3 aliphatic heterocycles. The van der Waals surface area contributed by atoms with Gasteiger partial charge < -0.3 is 14.7 Å². The molecule has 1 aromatic carbocycles. The maximum atomic E-state index is 13.1. The second-order valence-corrected chi connectivity index (χ2v) is 10.9. The zero-order valence-corrected chi connectivity index (χ0v) is 21.2. The van der Waals surface area contributed by atoms with Crippen LogP contribution in [0.1, 0.15) is 39.0 Å². The Morgan fingerprint density at radius 3 is 2.23 bits per heavy atom. The Labute approximate surface area is 210 Å². The van der Waals surface area contributed by atoms with Crippen LogP contribution in [0.4, 0.5) is 5.69 Å². The molecule has 3 fully saturated rings. The molecule has 1 amide bonds. The Balaban J connectivity index is 1.08. The molecule has 2 aromatic rings. The monoisotopic (exact) mass is 476 g/mol. The smallest absolute Gasteiger partial charge is 0.236 e. The highest BCUT2D eigenvalue weighted by molar-refractivity contribution is 5.78. The third-order valence-electron chi connectivity index (χ3n) is 7.99. The molecule has 0 N–H and O–H groups in total. The first-order valence-corrected chi connectivity index (χ1v) is 13.4. The Hall–Kier alpha value is -2.51. The Kier molecular flexibility index (Phi) is 7.63. The molecule has 0 bridgehead atoms. The topological polar surface area (TPSA) is 55.8 Å². The van der Waals surface area contributed by atoms with Crippen molar-refractivity contribution in [3.8, 4) is 11.4 Å². The third-order valence-corrected chi connectivity index (χ3v) is 7.99. The maximum Gasteiger partial charge on any atom is 0.236 e. The molecule has 7 nitrogen and oxygen atoms in total. The van der Waals surface area contributed by atoms with Gasteiger partial charge in [0, 0.05) is 62.9 Å². The molecular formula is C28H40N6O. The van der Waals surface area contributed by atoms with E-state index in [9.17, 15) is 4.79 Å². The van der Waals surface area contributed by atoms with E-state index >= 15 is 0 Å². The molecule has 1 aromatic heterocycles. The molecule has 0 aliphatic carbocycles. The van der Waals surface area contributed by atoms with Gasteiger partial charge in [0.05, 0.1) is 6.54 Å². The van der Waals surface area contributed by atoms with Crippen molar-refractivity contribution >= 4 is 11.6 Å². The van der Waals surface area contributed by atoms with Crippen molar-refractivity contribution in [2.75, 3.05) is 70.3 Å². The zero-order chi connectivity index (χ0) is 24.1. The first kappa shape index (κ1) is 24.2. The van der Waals surface area contributed by atoms with Gasteiger partial charge in [0.1, 0.15) is 0 Å². The standard InChI is InChI=1S/C28H40N6O/c1-28(22-31-14-4-2-3-5-15-31)11-16-32(23-28)21-26(35)34-19-17-33(18-20-34)25-9-7-24(8-10-25)27-29-12-6-13-30-27/h6-10,12-13H,2-5,11,14-23H2,1H3. The molecule has 7 heteroatoms. The van der Waals surface area contributed by atoms with Gasteiger partial charge in [-0.2, -0.15) is 0 Å². The van der Waals surface area contributed by atoms with E-state index in [0.717, 1.165) is 50.7 Å². The second-order valence-electron chi connectivity index (χ2n) is 10.9. The number of likely N-dealkylation sites (tertiary alicyclic amines) is 2. The average molecular weight is 477 g/mol. The zero-order valence-electron chi connectivity index (χ0n) is 21.2. The highest BCUT2D eigenvalue weighted by Gasteiger charge is 2.36. The molecule has 1 unspecified atom stereocenters. The molecule has 4 heterocycles. The molecule has 1 atom stereocenters. The number of anilines is 1. The van der Waals surface area contributed by atoms with E-state index in [4.69, 9.17) is 0 Å². The maximum absolute atomic E-state index is 13.1. The Bertz CT molecular complexity index is 951. The van der Waals surface area contributed by atoms with E-state index in [0.29, 0.717) is 17.9 Å². The van der Waals surface area contributed by atoms with E-state index in [1.54, 1.807) is 12.4 Å². The van der Waals surface area contributed by atoms with Crippen molar-refractivity contribution in [3.63, 3.8) is 0 Å². The minimum atomic E-state index is 0.292. The van der Waals surface area contributed by atoms with Crippen LogP contribution in [0.15, 0.2) is 42.7 Å². The van der Waals surface area contributed by atoms with Crippen molar-refractivity contribution in [2.24, 2.45) is 5.41 Å². The molecule has 3 aliphatic rings.